The van der Waals surface area contributed by atoms with Crippen LogP contribution >= 0.6 is 0 Å². The molecule has 1 aliphatic carbocycles. The number of nitrogens with zero attached hydrogens (tertiary/aromatic N) is 3. The average molecular weight is 406 g/mol. The Hall–Kier alpha value is -3.09. The van der Waals surface area contributed by atoms with Crippen LogP contribution in [0.2, 0.25) is 0 Å². The van der Waals surface area contributed by atoms with Crippen LogP contribution in [0.5, 0.6) is 5.75 Å². The van der Waals surface area contributed by atoms with Gasteiger partial charge in [0.05, 0.1) is 13.0 Å². The Balaban J connectivity index is 1.69. The Morgan fingerprint density at radius 1 is 1.10 bits per heavy atom. The number of Topliss-reactive ketones (excluding diaryl/α,β-unsaturated/α-hetero) is 1. The number of piperidine rings is 1. The van der Waals surface area contributed by atoms with Crippen LogP contribution in [0.15, 0.2) is 35.5 Å². The van der Waals surface area contributed by atoms with Crippen molar-refractivity contribution in [2.75, 3.05) is 36.1 Å². The molecule has 0 amide bonds. The number of para-hydroxylation sites is 1. The lowest BCUT2D eigenvalue weighted by Gasteiger charge is -2.35. The smallest absolute Gasteiger partial charge is 0.229 e. The summed E-state index contributed by atoms with van der Waals surface area (Å²) < 4.78 is 5.64. The summed E-state index contributed by atoms with van der Waals surface area (Å²) in [6.07, 6.45) is 5.74. The molecule has 156 valence electrons. The first-order valence-electron chi connectivity index (χ1n) is 10.8. The highest BCUT2D eigenvalue weighted by Crippen LogP contribution is 2.48. The molecule has 2 aliphatic heterocycles. The van der Waals surface area contributed by atoms with Crippen LogP contribution in [-0.2, 0) is 4.79 Å². The molecule has 7 heteroatoms. The number of hydrogen-bond acceptors (Lipinski definition) is 7. The number of nitrogen functional groups attached to an aromatic ring is 1. The van der Waals surface area contributed by atoms with E-state index in [-0.39, 0.29) is 11.7 Å². The van der Waals surface area contributed by atoms with Gasteiger partial charge in [-0.1, -0.05) is 18.2 Å². The van der Waals surface area contributed by atoms with Gasteiger partial charge in [-0.25, -0.2) is 0 Å². The Kier molecular flexibility index (Phi) is 4.81. The lowest BCUT2D eigenvalue weighted by Crippen LogP contribution is -2.33. The summed E-state index contributed by atoms with van der Waals surface area (Å²) >= 11 is 0. The molecule has 0 radical (unpaired) electrons. The minimum Gasteiger partial charge on any atom is -0.496 e. The maximum atomic E-state index is 13.0. The van der Waals surface area contributed by atoms with E-state index in [4.69, 9.17) is 15.5 Å². The number of aromatic nitrogens is 2. The van der Waals surface area contributed by atoms with E-state index in [0.29, 0.717) is 24.0 Å². The van der Waals surface area contributed by atoms with Gasteiger partial charge in [0.15, 0.2) is 5.78 Å². The van der Waals surface area contributed by atoms with Crippen molar-refractivity contribution in [3.05, 3.63) is 46.7 Å². The molecule has 0 saturated carbocycles. The minimum absolute atomic E-state index is 0.157. The zero-order valence-electron chi connectivity index (χ0n) is 17.3. The Labute approximate surface area is 176 Å². The number of hydrogen-bond donors (Lipinski definition) is 2. The van der Waals surface area contributed by atoms with Crippen LogP contribution in [0.3, 0.4) is 0 Å². The number of carbonyl (C=O) groups is 1. The molecule has 1 fully saturated rings. The van der Waals surface area contributed by atoms with Gasteiger partial charge in [0.2, 0.25) is 5.95 Å². The number of ether oxygens (including phenoxy) is 1. The number of rotatable bonds is 3. The standard InChI is InChI=1S/C23H27N5O2/c1-30-17-11-4-3-8-14(17)18-19-15(9-7-10-16(19)29)25-22-20(18)21(24)26-23(27-22)28-12-5-2-6-13-28/h3-4,8,11,18H,2,5-7,9-10,12-13H2,1H3,(H3,24,25,26,27)/t18-/m0/s1. The number of carbonyl (C=O) groups excluding carboxylic acids is 1. The van der Waals surface area contributed by atoms with Gasteiger partial charge in [-0.2, -0.15) is 9.97 Å². The SMILES string of the molecule is COc1ccccc1[C@H]1C2=C(CCCC2=O)Nc2nc(N3CCCCC3)nc(N)c21. The van der Waals surface area contributed by atoms with Gasteiger partial charge in [0.1, 0.15) is 17.4 Å². The summed E-state index contributed by atoms with van der Waals surface area (Å²) in [6, 6.07) is 7.82. The summed E-state index contributed by atoms with van der Waals surface area (Å²) in [7, 11) is 1.65. The molecule has 0 unspecified atom stereocenters. The maximum absolute atomic E-state index is 13.0. The Bertz CT molecular complexity index is 1030. The maximum Gasteiger partial charge on any atom is 0.229 e. The fraction of sp³-hybridized carbons (Fsp3) is 0.435. The number of benzene rings is 1. The summed E-state index contributed by atoms with van der Waals surface area (Å²) in [4.78, 5) is 24.8. The second-order valence-electron chi connectivity index (χ2n) is 8.19. The monoisotopic (exact) mass is 405 g/mol. The molecule has 7 nitrogen and oxygen atoms in total. The second kappa shape index (κ2) is 7.63. The van der Waals surface area contributed by atoms with Gasteiger partial charge in [-0.15, -0.1) is 0 Å². The molecule has 0 spiro atoms. The van der Waals surface area contributed by atoms with Gasteiger partial charge < -0.3 is 20.7 Å². The van der Waals surface area contributed by atoms with E-state index in [9.17, 15) is 4.79 Å². The van der Waals surface area contributed by atoms with Gasteiger partial charge in [0.25, 0.3) is 0 Å². The molecule has 1 atom stereocenters. The van der Waals surface area contributed by atoms with Gasteiger partial charge in [-0.05, 0) is 38.2 Å². The average Bonchev–Trinajstić information content (AvgIpc) is 2.78. The van der Waals surface area contributed by atoms with E-state index >= 15 is 0 Å². The van der Waals surface area contributed by atoms with Gasteiger partial charge >= 0.3 is 0 Å². The number of allylic oxidation sites excluding steroid dienone is 2. The minimum atomic E-state index is -0.324. The lowest BCUT2D eigenvalue weighted by molar-refractivity contribution is -0.116. The van der Waals surface area contributed by atoms with Crippen molar-refractivity contribution in [2.24, 2.45) is 0 Å². The number of fused-ring (bicyclic) bond motifs is 1. The molecular formula is C23H27N5O2. The molecule has 1 saturated heterocycles. The molecule has 3 heterocycles. The van der Waals surface area contributed by atoms with Crippen LogP contribution < -0.4 is 20.7 Å². The van der Waals surface area contributed by atoms with E-state index in [2.05, 4.69) is 15.2 Å². The Morgan fingerprint density at radius 3 is 2.70 bits per heavy atom. The zero-order valence-corrected chi connectivity index (χ0v) is 17.3. The first-order valence-corrected chi connectivity index (χ1v) is 10.8. The third-order valence-corrected chi connectivity index (χ3v) is 6.35. The number of nitrogens with two attached hydrogens (primary N) is 1. The lowest BCUT2D eigenvalue weighted by atomic mass is 9.76. The molecule has 30 heavy (non-hydrogen) atoms. The zero-order chi connectivity index (χ0) is 20.7. The molecule has 1 aromatic carbocycles. The molecular weight excluding hydrogens is 378 g/mol. The fourth-order valence-corrected chi connectivity index (χ4v) is 4.92. The van der Waals surface area contributed by atoms with Crippen LogP contribution in [0.4, 0.5) is 17.6 Å². The summed E-state index contributed by atoms with van der Waals surface area (Å²) in [5.41, 5.74) is 9.97. The number of anilines is 3. The topological polar surface area (TPSA) is 93.4 Å². The van der Waals surface area contributed by atoms with Crippen molar-refractivity contribution in [1.29, 1.82) is 0 Å². The molecule has 1 aromatic heterocycles. The van der Waals surface area contributed by atoms with Crippen LogP contribution in [-0.4, -0.2) is 36.0 Å². The molecule has 0 bridgehead atoms. The van der Waals surface area contributed by atoms with Crippen molar-refractivity contribution in [2.45, 2.75) is 44.4 Å². The van der Waals surface area contributed by atoms with Crippen molar-refractivity contribution >= 4 is 23.4 Å². The quantitative estimate of drug-likeness (QED) is 0.805. The van der Waals surface area contributed by atoms with Crippen LogP contribution in [0.1, 0.15) is 55.6 Å². The van der Waals surface area contributed by atoms with Crippen LogP contribution in [0, 0.1) is 0 Å². The normalized spacial score (nSPS) is 21.0. The highest BCUT2D eigenvalue weighted by Gasteiger charge is 2.39. The predicted octanol–water partition coefficient (Wildman–Crippen LogP) is 3.62. The van der Waals surface area contributed by atoms with Crippen molar-refractivity contribution in [3.63, 3.8) is 0 Å². The highest BCUT2D eigenvalue weighted by molar-refractivity contribution is 6.01. The summed E-state index contributed by atoms with van der Waals surface area (Å²) in [5.74, 6) is 2.38. The molecule has 3 N–H and O–H groups in total. The molecule has 5 rings (SSSR count). The number of ketones is 1. The van der Waals surface area contributed by atoms with E-state index in [1.165, 1.54) is 6.42 Å². The van der Waals surface area contributed by atoms with E-state index in [1.54, 1.807) is 7.11 Å². The van der Waals surface area contributed by atoms with Crippen molar-refractivity contribution < 1.29 is 9.53 Å². The summed E-state index contributed by atoms with van der Waals surface area (Å²) in [6.45, 7) is 1.89. The number of methoxy groups -OCH3 is 1. The second-order valence-corrected chi connectivity index (χ2v) is 8.19. The predicted molar refractivity (Wildman–Crippen MR) is 117 cm³/mol. The fourth-order valence-electron chi connectivity index (χ4n) is 4.92. The first-order chi connectivity index (χ1) is 14.7. The third kappa shape index (κ3) is 3.09. The van der Waals surface area contributed by atoms with E-state index in [1.807, 2.05) is 24.3 Å². The van der Waals surface area contributed by atoms with Gasteiger partial charge in [-0.3, -0.25) is 4.79 Å². The third-order valence-electron chi connectivity index (χ3n) is 6.35. The van der Waals surface area contributed by atoms with Gasteiger partial charge in [0, 0.05) is 41.9 Å². The van der Waals surface area contributed by atoms with Crippen LogP contribution in [0.25, 0.3) is 0 Å². The largest absolute Gasteiger partial charge is 0.496 e. The van der Waals surface area contributed by atoms with E-state index < -0.39 is 0 Å². The molecule has 2 aromatic rings. The summed E-state index contributed by atoms with van der Waals surface area (Å²) in [5, 5.41) is 3.45. The first kappa shape index (κ1) is 18.9. The highest BCUT2D eigenvalue weighted by atomic mass is 16.5. The van der Waals surface area contributed by atoms with Crippen molar-refractivity contribution in [3.8, 4) is 5.75 Å². The number of nitrogens with one attached hydrogen (secondary N) is 1. The van der Waals surface area contributed by atoms with E-state index in [0.717, 1.165) is 66.9 Å². The Morgan fingerprint density at radius 2 is 1.90 bits per heavy atom. The van der Waals surface area contributed by atoms with Crippen molar-refractivity contribution in [1.82, 2.24) is 9.97 Å². The molecule has 3 aliphatic rings.